The number of nitrogens with one attached hydrogen (secondary N) is 1. The normalized spacial score (nSPS) is 21.1. The summed E-state index contributed by atoms with van der Waals surface area (Å²) >= 11 is 1.65. The minimum Gasteiger partial charge on any atom is -0.396 e. The number of aliphatic hydroxyl groups is 1. The molecule has 0 bridgehead atoms. The second kappa shape index (κ2) is 7.23. The molecule has 0 unspecified atom stereocenters. The van der Waals surface area contributed by atoms with Crippen molar-refractivity contribution in [2.45, 2.75) is 38.6 Å². The van der Waals surface area contributed by atoms with Gasteiger partial charge in [-0.1, -0.05) is 6.07 Å². The predicted molar refractivity (Wildman–Crippen MR) is 92.6 cm³/mol. The Labute approximate surface area is 140 Å². The lowest BCUT2D eigenvalue weighted by Gasteiger charge is -2.28. The summed E-state index contributed by atoms with van der Waals surface area (Å²) in [6.07, 6.45) is 3.85. The molecule has 23 heavy (non-hydrogen) atoms. The van der Waals surface area contributed by atoms with Gasteiger partial charge in [-0.05, 0) is 62.1 Å². The van der Waals surface area contributed by atoms with E-state index in [2.05, 4.69) is 10.3 Å². The topological polar surface area (TPSA) is 62.2 Å². The van der Waals surface area contributed by atoms with Gasteiger partial charge in [0.15, 0.2) is 0 Å². The Hall–Kier alpha value is -1.72. The van der Waals surface area contributed by atoms with Crippen molar-refractivity contribution in [1.82, 2.24) is 10.3 Å². The van der Waals surface area contributed by atoms with Crippen LogP contribution in [0, 0.1) is 12.8 Å². The van der Waals surface area contributed by atoms with Crippen LogP contribution in [-0.4, -0.2) is 28.6 Å². The molecular formula is C18H22N2O2S. The molecule has 1 amide bonds. The van der Waals surface area contributed by atoms with E-state index < -0.39 is 0 Å². The maximum absolute atomic E-state index is 12.5. The highest BCUT2D eigenvalue weighted by Gasteiger charge is 2.23. The lowest BCUT2D eigenvalue weighted by molar-refractivity contribution is 0.0913. The second-order valence-electron chi connectivity index (χ2n) is 6.18. The van der Waals surface area contributed by atoms with Crippen molar-refractivity contribution in [2.75, 3.05) is 6.61 Å². The average molecular weight is 330 g/mol. The maximum atomic E-state index is 12.5. The standard InChI is InChI=1S/C18H22N2O2S/c1-12-15(8-9-16(19-12)17-3-2-10-23-17)18(22)20-14-6-4-13(11-21)5-7-14/h2-3,8-10,13-14,21H,4-7,11H2,1H3,(H,20,22). The van der Waals surface area contributed by atoms with Gasteiger partial charge in [0.25, 0.3) is 5.91 Å². The van der Waals surface area contributed by atoms with Gasteiger partial charge in [0, 0.05) is 12.6 Å². The molecule has 1 fully saturated rings. The SMILES string of the molecule is Cc1nc(-c2cccs2)ccc1C(=O)NC1CCC(CO)CC1. The van der Waals surface area contributed by atoms with Crippen molar-refractivity contribution in [3.8, 4) is 10.6 Å². The zero-order valence-electron chi connectivity index (χ0n) is 13.3. The third kappa shape index (κ3) is 3.79. The summed E-state index contributed by atoms with van der Waals surface area (Å²) in [6, 6.07) is 8.02. The first kappa shape index (κ1) is 16.1. The first-order valence-electron chi connectivity index (χ1n) is 8.10. The molecular weight excluding hydrogens is 308 g/mol. The molecule has 2 aromatic heterocycles. The fourth-order valence-electron chi connectivity index (χ4n) is 3.12. The van der Waals surface area contributed by atoms with E-state index in [-0.39, 0.29) is 18.6 Å². The summed E-state index contributed by atoms with van der Waals surface area (Å²) in [7, 11) is 0. The third-order valence-corrected chi connectivity index (χ3v) is 5.44. The van der Waals surface area contributed by atoms with Gasteiger partial charge in [-0.15, -0.1) is 11.3 Å². The van der Waals surface area contributed by atoms with E-state index in [0.29, 0.717) is 11.5 Å². The summed E-state index contributed by atoms with van der Waals surface area (Å²) in [5, 5.41) is 14.3. The Morgan fingerprint density at radius 3 is 2.70 bits per heavy atom. The third-order valence-electron chi connectivity index (χ3n) is 4.54. The first-order chi connectivity index (χ1) is 11.2. The van der Waals surface area contributed by atoms with Crippen LogP contribution >= 0.6 is 11.3 Å². The molecule has 122 valence electrons. The number of nitrogens with zero attached hydrogens (tertiary/aromatic N) is 1. The largest absolute Gasteiger partial charge is 0.396 e. The molecule has 0 spiro atoms. The molecule has 5 heteroatoms. The van der Waals surface area contributed by atoms with Gasteiger partial charge in [-0.25, -0.2) is 0 Å². The van der Waals surface area contributed by atoms with E-state index >= 15 is 0 Å². The molecule has 2 aromatic rings. The van der Waals surface area contributed by atoms with E-state index in [4.69, 9.17) is 0 Å². The number of amides is 1. The van der Waals surface area contributed by atoms with E-state index in [1.165, 1.54) is 0 Å². The minimum atomic E-state index is -0.0415. The zero-order valence-corrected chi connectivity index (χ0v) is 14.1. The molecule has 4 nitrogen and oxygen atoms in total. The van der Waals surface area contributed by atoms with Crippen LogP contribution in [0.5, 0.6) is 0 Å². The molecule has 3 rings (SSSR count). The quantitative estimate of drug-likeness (QED) is 0.903. The Balaban J connectivity index is 1.66. The summed E-state index contributed by atoms with van der Waals surface area (Å²) in [6.45, 7) is 2.14. The highest BCUT2D eigenvalue weighted by molar-refractivity contribution is 7.13. The lowest BCUT2D eigenvalue weighted by Crippen LogP contribution is -2.38. The number of thiophene rings is 1. The number of carbonyl (C=O) groups is 1. The van der Waals surface area contributed by atoms with Crippen LogP contribution in [0.3, 0.4) is 0 Å². The number of aromatic nitrogens is 1. The van der Waals surface area contributed by atoms with Gasteiger partial charge >= 0.3 is 0 Å². The van der Waals surface area contributed by atoms with Crippen LogP contribution < -0.4 is 5.32 Å². The molecule has 2 N–H and O–H groups in total. The fraction of sp³-hybridized carbons (Fsp3) is 0.444. The van der Waals surface area contributed by atoms with Gasteiger partial charge in [0.2, 0.25) is 0 Å². The van der Waals surface area contributed by atoms with Crippen LogP contribution in [0.25, 0.3) is 10.6 Å². The monoisotopic (exact) mass is 330 g/mol. The van der Waals surface area contributed by atoms with Gasteiger partial charge in [-0.3, -0.25) is 9.78 Å². The van der Waals surface area contributed by atoms with E-state index in [9.17, 15) is 9.90 Å². The fourth-order valence-corrected chi connectivity index (χ4v) is 3.81. The Morgan fingerprint density at radius 1 is 1.30 bits per heavy atom. The molecule has 0 aliphatic heterocycles. The number of rotatable bonds is 4. The molecule has 1 saturated carbocycles. The zero-order chi connectivity index (χ0) is 16.2. The molecule has 0 atom stereocenters. The molecule has 1 aliphatic carbocycles. The highest BCUT2D eigenvalue weighted by atomic mass is 32.1. The van der Waals surface area contributed by atoms with Crippen molar-refractivity contribution in [3.05, 3.63) is 40.9 Å². The summed E-state index contributed by atoms with van der Waals surface area (Å²) in [5.74, 6) is 0.358. The summed E-state index contributed by atoms with van der Waals surface area (Å²) in [4.78, 5) is 18.2. The summed E-state index contributed by atoms with van der Waals surface area (Å²) < 4.78 is 0. The first-order valence-corrected chi connectivity index (χ1v) is 8.98. The highest BCUT2D eigenvalue weighted by Crippen LogP contribution is 2.25. The van der Waals surface area contributed by atoms with Crippen molar-refractivity contribution < 1.29 is 9.90 Å². The molecule has 0 radical (unpaired) electrons. The van der Waals surface area contributed by atoms with E-state index in [1.54, 1.807) is 11.3 Å². The van der Waals surface area contributed by atoms with Crippen molar-refractivity contribution >= 4 is 17.2 Å². The van der Waals surface area contributed by atoms with E-state index in [0.717, 1.165) is 41.9 Å². The van der Waals surface area contributed by atoms with Gasteiger partial charge in [-0.2, -0.15) is 0 Å². The van der Waals surface area contributed by atoms with Crippen molar-refractivity contribution in [3.63, 3.8) is 0 Å². The molecule has 2 heterocycles. The van der Waals surface area contributed by atoms with E-state index in [1.807, 2.05) is 36.6 Å². The van der Waals surface area contributed by atoms with Gasteiger partial charge in [0.1, 0.15) is 0 Å². The predicted octanol–water partition coefficient (Wildman–Crippen LogP) is 3.40. The van der Waals surface area contributed by atoms with Crippen LogP contribution in [0.15, 0.2) is 29.6 Å². The average Bonchev–Trinajstić information content (AvgIpc) is 3.10. The number of hydrogen-bond acceptors (Lipinski definition) is 4. The van der Waals surface area contributed by atoms with Crippen LogP contribution in [0.1, 0.15) is 41.7 Å². The Kier molecular flexibility index (Phi) is 5.08. The van der Waals surface area contributed by atoms with Crippen molar-refractivity contribution in [2.24, 2.45) is 5.92 Å². The number of aliphatic hydroxyl groups excluding tert-OH is 1. The lowest BCUT2D eigenvalue weighted by atomic mass is 9.86. The Bertz CT molecular complexity index is 662. The maximum Gasteiger partial charge on any atom is 0.253 e. The molecule has 1 aliphatic rings. The minimum absolute atomic E-state index is 0.0415. The summed E-state index contributed by atoms with van der Waals surface area (Å²) in [5.41, 5.74) is 2.32. The number of aryl methyl sites for hydroxylation is 1. The van der Waals surface area contributed by atoms with Gasteiger partial charge in [0.05, 0.1) is 21.8 Å². The number of pyridine rings is 1. The van der Waals surface area contributed by atoms with Crippen molar-refractivity contribution in [1.29, 1.82) is 0 Å². The van der Waals surface area contributed by atoms with Gasteiger partial charge < -0.3 is 10.4 Å². The number of hydrogen-bond donors (Lipinski definition) is 2. The number of carbonyl (C=O) groups excluding carboxylic acids is 1. The van der Waals surface area contributed by atoms with Crippen LogP contribution in [0.2, 0.25) is 0 Å². The molecule has 0 saturated heterocycles. The van der Waals surface area contributed by atoms with Crippen LogP contribution in [-0.2, 0) is 0 Å². The second-order valence-corrected chi connectivity index (χ2v) is 7.13. The Morgan fingerprint density at radius 2 is 2.09 bits per heavy atom. The van der Waals surface area contributed by atoms with Crippen LogP contribution in [0.4, 0.5) is 0 Å². The molecule has 0 aromatic carbocycles. The smallest absolute Gasteiger partial charge is 0.253 e.